The lowest BCUT2D eigenvalue weighted by atomic mass is 9.91. The summed E-state index contributed by atoms with van der Waals surface area (Å²) in [6.07, 6.45) is 5.91. The zero-order valence-electron chi connectivity index (χ0n) is 20.0. The van der Waals surface area contributed by atoms with Gasteiger partial charge in [0.2, 0.25) is 0 Å². The van der Waals surface area contributed by atoms with Gasteiger partial charge in [0.1, 0.15) is 12.7 Å². The Morgan fingerprint density at radius 1 is 1.16 bits per heavy atom. The maximum Gasteiger partial charge on any atom is 0.161 e. The lowest BCUT2D eigenvalue weighted by Gasteiger charge is -2.37. The van der Waals surface area contributed by atoms with Crippen LogP contribution in [0, 0.1) is 0 Å². The van der Waals surface area contributed by atoms with Crippen LogP contribution >= 0.6 is 0 Å². The molecule has 0 amide bonds. The second-order valence-electron chi connectivity index (χ2n) is 9.46. The number of likely N-dealkylation sites (tertiary alicyclic amines) is 1. The Morgan fingerprint density at radius 3 is 2.69 bits per heavy atom. The van der Waals surface area contributed by atoms with E-state index in [4.69, 9.17) is 14.2 Å². The van der Waals surface area contributed by atoms with Gasteiger partial charge in [0.25, 0.3) is 0 Å². The van der Waals surface area contributed by atoms with Gasteiger partial charge in [0.15, 0.2) is 11.5 Å². The molecule has 3 N–H and O–H groups in total. The predicted molar refractivity (Wildman–Crippen MR) is 126 cm³/mol. The van der Waals surface area contributed by atoms with Crippen LogP contribution in [0.1, 0.15) is 51.5 Å². The van der Waals surface area contributed by atoms with E-state index in [1.807, 2.05) is 32.0 Å². The molecule has 0 aromatic heterocycles. The number of benzene rings is 1. The van der Waals surface area contributed by atoms with Crippen molar-refractivity contribution >= 4 is 0 Å². The number of nitrogens with one attached hydrogen (secondary N) is 1. The standard InChI is InChI=1S/C25H42N2O5/c1-18(2)26-15-21(29)17-32-24-9-8-19(14-25(24)30-3)11-13-31-23-7-5-4-6-22(23)27-12-10-20(28)16-27/h8-9,14,18,20-23,26,28-29H,4-7,10-13,15-17H2,1-3H3/t20-,21?,22-,23+/m0/s1. The molecule has 182 valence electrons. The molecule has 1 saturated carbocycles. The van der Waals surface area contributed by atoms with Gasteiger partial charge in [0, 0.05) is 31.7 Å². The maximum absolute atomic E-state index is 10.1. The molecule has 7 heteroatoms. The van der Waals surface area contributed by atoms with Gasteiger partial charge < -0.3 is 29.7 Å². The molecule has 1 saturated heterocycles. The molecule has 2 aliphatic rings. The van der Waals surface area contributed by atoms with E-state index in [1.54, 1.807) is 7.11 Å². The number of hydrogen-bond acceptors (Lipinski definition) is 7. The van der Waals surface area contributed by atoms with Crippen molar-refractivity contribution in [3.63, 3.8) is 0 Å². The molecule has 1 aromatic carbocycles. The van der Waals surface area contributed by atoms with Crippen molar-refractivity contribution in [2.75, 3.05) is 40.0 Å². The largest absolute Gasteiger partial charge is 0.493 e. The van der Waals surface area contributed by atoms with E-state index in [1.165, 1.54) is 12.8 Å². The highest BCUT2D eigenvalue weighted by Crippen LogP contribution is 2.30. The van der Waals surface area contributed by atoms with E-state index in [9.17, 15) is 10.2 Å². The number of aliphatic hydroxyl groups excluding tert-OH is 2. The fourth-order valence-electron chi connectivity index (χ4n) is 4.69. The van der Waals surface area contributed by atoms with E-state index < -0.39 is 6.10 Å². The Morgan fingerprint density at radius 2 is 1.97 bits per heavy atom. The number of aliphatic hydroxyl groups is 2. The number of ether oxygens (including phenoxy) is 3. The Hall–Kier alpha value is -1.38. The predicted octanol–water partition coefficient (Wildman–Crippen LogP) is 2.37. The summed E-state index contributed by atoms with van der Waals surface area (Å²) >= 11 is 0. The van der Waals surface area contributed by atoms with Gasteiger partial charge in [-0.3, -0.25) is 4.90 Å². The highest BCUT2D eigenvalue weighted by Gasteiger charge is 2.34. The van der Waals surface area contributed by atoms with E-state index in [2.05, 4.69) is 10.2 Å². The lowest BCUT2D eigenvalue weighted by Crippen LogP contribution is -2.46. The Kier molecular flexibility index (Phi) is 10.1. The zero-order chi connectivity index (χ0) is 22.9. The molecule has 1 heterocycles. The first kappa shape index (κ1) is 25.2. The summed E-state index contributed by atoms with van der Waals surface area (Å²) in [6.45, 7) is 7.23. The van der Waals surface area contributed by atoms with Crippen LogP contribution in [0.2, 0.25) is 0 Å². The number of methoxy groups -OCH3 is 1. The van der Waals surface area contributed by atoms with Gasteiger partial charge in [-0.2, -0.15) is 0 Å². The van der Waals surface area contributed by atoms with Crippen LogP contribution in [-0.4, -0.2) is 85.5 Å². The number of nitrogens with zero attached hydrogens (tertiary/aromatic N) is 1. The molecule has 2 fully saturated rings. The highest BCUT2D eigenvalue weighted by atomic mass is 16.5. The maximum atomic E-state index is 10.1. The first-order chi connectivity index (χ1) is 15.5. The molecular weight excluding hydrogens is 408 g/mol. The van der Waals surface area contributed by atoms with Crippen molar-refractivity contribution < 1.29 is 24.4 Å². The second-order valence-corrected chi connectivity index (χ2v) is 9.46. The summed E-state index contributed by atoms with van der Waals surface area (Å²) in [4.78, 5) is 2.43. The van der Waals surface area contributed by atoms with Crippen LogP contribution in [0.5, 0.6) is 11.5 Å². The summed E-state index contributed by atoms with van der Waals surface area (Å²) < 4.78 is 17.6. The molecule has 1 unspecified atom stereocenters. The third-order valence-corrected chi connectivity index (χ3v) is 6.48. The van der Waals surface area contributed by atoms with Crippen molar-refractivity contribution in [3.8, 4) is 11.5 Å². The molecule has 0 spiro atoms. The molecule has 4 atom stereocenters. The first-order valence-electron chi connectivity index (χ1n) is 12.2. The fraction of sp³-hybridized carbons (Fsp3) is 0.760. The summed E-state index contributed by atoms with van der Waals surface area (Å²) in [6, 6.07) is 6.70. The molecule has 0 radical (unpaired) electrons. The number of β-amino-alcohol motifs (C(OH)–C–C–N with tert-alkyl or cyclic N) is 1. The normalized spacial score (nSPS) is 25.2. The molecule has 1 aliphatic heterocycles. The van der Waals surface area contributed by atoms with Gasteiger partial charge in [-0.15, -0.1) is 0 Å². The molecule has 3 rings (SSSR count). The van der Waals surface area contributed by atoms with E-state index in [0.717, 1.165) is 44.3 Å². The smallest absolute Gasteiger partial charge is 0.161 e. The quantitative estimate of drug-likeness (QED) is 0.451. The SMILES string of the molecule is COc1cc(CCO[C@@H]2CCCC[C@@H]2N2CC[C@H](O)C2)ccc1OCC(O)CNC(C)C. The minimum Gasteiger partial charge on any atom is -0.493 e. The summed E-state index contributed by atoms with van der Waals surface area (Å²) in [7, 11) is 1.64. The third-order valence-electron chi connectivity index (χ3n) is 6.48. The summed E-state index contributed by atoms with van der Waals surface area (Å²) in [5.41, 5.74) is 1.14. The van der Waals surface area contributed by atoms with Crippen LogP contribution in [0.3, 0.4) is 0 Å². The van der Waals surface area contributed by atoms with Crippen molar-refractivity contribution in [1.82, 2.24) is 10.2 Å². The van der Waals surface area contributed by atoms with Crippen molar-refractivity contribution in [2.45, 2.75) is 82.8 Å². The number of rotatable bonds is 12. The van der Waals surface area contributed by atoms with Crippen molar-refractivity contribution in [1.29, 1.82) is 0 Å². The topological polar surface area (TPSA) is 83.4 Å². The van der Waals surface area contributed by atoms with Crippen molar-refractivity contribution in [2.24, 2.45) is 0 Å². The molecule has 1 aromatic rings. The van der Waals surface area contributed by atoms with E-state index in [-0.39, 0.29) is 18.8 Å². The van der Waals surface area contributed by atoms with Crippen LogP contribution in [-0.2, 0) is 11.2 Å². The summed E-state index contributed by atoms with van der Waals surface area (Å²) in [5.74, 6) is 1.31. The molecular formula is C25H42N2O5. The molecule has 7 nitrogen and oxygen atoms in total. The first-order valence-corrected chi connectivity index (χ1v) is 12.2. The van der Waals surface area contributed by atoms with Crippen LogP contribution in [0.15, 0.2) is 18.2 Å². The Balaban J connectivity index is 1.47. The zero-order valence-corrected chi connectivity index (χ0v) is 20.0. The van der Waals surface area contributed by atoms with E-state index in [0.29, 0.717) is 36.7 Å². The Bertz CT molecular complexity index is 686. The highest BCUT2D eigenvalue weighted by molar-refractivity contribution is 5.43. The average Bonchev–Trinajstić information content (AvgIpc) is 3.23. The van der Waals surface area contributed by atoms with Crippen molar-refractivity contribution in [3.05, 3.63) is 23.8 Å². The second kappa shape index (κ2) is 12.8. The van der Waals surface area contributed by atoms with Crippen LogP contribution in [0.25, 0.3) is 0 Å². The number of hydrogen-bond donors (Lipinski definition) is 3. The van der Waals surface area contributed by atoms with Gasteiger partial charge in [-0.1, -0.05) is 32.8 Å². The molecule has 32 heavy (non-hydrogen) atoms. The fourth-order valence-corrected chi connectivity index (χ4v) is 4.69. The molecule has 0 bridgehead atoms. The average molecular weight is 451 g/mol. The van der Waals surface area contributed by atoms with Gasteiger partial charge >= 0.3 is 0 Å². The van der Waals surface area contributed by atoms with Gasteiger partial charge in [-0.25, -0.2) is 0 Å². The summed E-state index contributed by atoms with van der Waals surface area (Å²) in [5, 5.41) is 23.2. The lowest BCUT2D eigenvalue weighted by molar-refractivity contribution is -0.0316. The van der Waals surface area contributed by atoms with E-state index >= 15 is 0 Å². The monoisotopic (exact) mass is 450 g/mol. The van der Waals surface area contributed by atoms with Crippen LogP contribution < -0.4 is 14.8 Å². The van der Waals surface area contributed by atoms with Gasteiger partial charge in [0.05, 0.1) is 25.9 Å². The minimum absolute atomic E-state index is 0.182. The minimum atomic E-state index is -0.574. The third kappa shape index (κ3) is 7.59. The molecule has 1 aliphatic carbocycles. The van der Waals surface area contributed by atoms with Crippen LogP contribution in [0.4, 0.5) is 0 Å². The van der Waals surface area contributed by atoms with Gasteiger partial charge in [-0.05, 0) is 43.4 Å². The Labute approximate surface area is 193 Å².